The van der Waals surface area contributed by atoms with E-state index in [2.05, 4.69) is 39.5 Å². The van der Waals surface area contributed by atoms with E-state index < -0.39 is 0 Å². The van der Waals surface area contributed by atoms with E-state index >= 15 is 0 Å². The largest absolute Gasteiger partial charge is 0.392 e. The SMILES string of the molecule is C/C(=C/CC[C@]1(C)C2CC3[C@H](C2)C31C)CO.C=C1[C@@H]2CC[C@@H](C2)[C@@]1(C)CC/C=C(/C)CO. The van der Waals surface area contributed by atoms with Gasteiger partial charge in [-0.05, 0) is 117 Å². The summed E-state index contributed by atoms with van der Waals surface area (Å²) in [6.07, 6.45) is 16.4. The van der Waals surface area contributed by atoms with E-state index in [0.717, 1.165) is 53.6 Å². The zero-order valence-electron chi connectivity index (χ0n) is 21.4. The Labute approximate surface area is 197 Å². The van der Waals surface area contributed by atoms with Crippen LogP contribution in [0.3, 0.4) is 0 Å². The molecule has 6 saturated carbocycles. The minimum absolute atomic E-state index is 0.198. The highest BCUT2D eigenvalue weighted by molar-refractivity contribution is 5.29. The maximum atomic E-state index is 8.99. The molecule has 32 heavy (non-hydrogen) atoms. The third-order valence-corrected chi connectivity index (χ3v) is 11.5. The molecule has 2 nitrogen and oxygen atoms in total. The molecule has 0 saturated heterocycles. The average molecular weight is 441 g/mol. The van der Waals surface area contributed by atoms with E-state index in [0.29, 0.717) is 16.2 Å². The number of fused-ring (bicyclic) bond motifs is 2. The Morgan fingerprint density at radius 1 is 0.875 bits per heavy atom. The first-order valence-electron chi connectivity index (χ1n) is 13.3. The molecule has 180 valence electrons. The summed E-state index contributed by atoms with van der Waals surface area (Å²) in [6, 6.07) is 0. The van der Waals surface area contributed by atoms with Gasteiger partial charge in [0.15, 0.2) is 0 Å². The molecule has 0 heterocycles. The van der Waals surface area contributed by atoms with Crippen molar-refractivity contribution in [3.63, 3.8) is 0 Å². The first-order valence-corrected chi connectivity index (χ1v) is 13.3. The number of aliphatic hydroxyl groups is 2. The standard InChI is InChI=1S/2C15H24O/c1-10(9-16)5-4-6-14(2)11-7-12-13(8-11)15(12,14)3;1-11(10-16)5-4-8-15(3)12(2)13-6-7-14(15)9-13/h5,11-13,16H,4,6-9H2,1-3H3;5,13-14,16H,2,4,6-10H2,1,3H3/b10-5-;11-5-/t11?,12-,13?,14+,15?;13-,14+,15+/m01/s1. The molecule has 2 N–H and O–H groups in total. The Morgan fingerprint density at radius 3 is 1.88 bits per heavy atom. The average Bonchev–Trinajstić information content (AvgIpc) is 3.36. The van der Waals surface area contributed by atoms with Gasteiger partial charge in [-0.2, -0.15) is 0 Å². The molecule has 6 fully saturated rings. The number of rotatable bonds is 8. The van der Waals surface area contributed by atoms with Crippen LogP contribution in [-0.2, 0) is 0 Å². The molecule has 6 aliphatic carbocycles. The fourth-order valence-electron chi connectivity index (χ4n) is 8.84. The second-order valence-corrected chi connectivity index (χ2v) is 12.7. The van der Waals surface area contributed by atoms with Gasteiger partial charge in [-0.25, -0.2) is 0 Å². The summed E-state index contributed by atoms with van der Waals surface area (Å²) in [7, 11) is 0. The molecule has 6 rings (SSSR count). The summed E-state index contributed by atoms with van der Waals surface area (Å²) in [5.74, 6) is 4.86. The zero-order chi connectivity index (χ0) is 23.3. The monoisotopic (exact) mass is 440 g/mol. The molecule has 6 bridgehead atoms. The number of hydrogen-bond donors (Lipinski definition) is 2. The Kier molecular flexibility index (Phi) is 6.62. The molecule has 3 unspecified atom stereocenters. The lowest BCUT2D eigenvalue weighted by Gasteiger charge is -2.36. The molecule has 8 atom stereocenters. The summed E-state index contributed by atoms with van der Waals surface area (Å²) >= 11 is 0. The predicted octanol–water partition coefficient (Wildman–Crippen LogP) is 7.09. The van der Waals surface area contributed by atoms with Crippen LogP contribution in [0.15, 0.2) is 35.5 Å². The molecule has 0 aliphatic heterocycles. The van der Waals surface area contributed by atoms with E-state index in [1.807, 2.05) is 13.8 Å². The van der Waals surface area contributed by atoms with Crippen LogP contribution in [0.5, 0.6) is 0 Å². The first-order chi connectivity index (χ1) is 15.1. The van der Waals surface area contributed by atoms with Crippen molar-refractivity contribution in [2.45, 2.75) is 92.4 Å². The molecule has 2 heteroatoms. The lowest BCUT2D eigenvalue weighted by atomic mass is 9.69. The summed E-state index contributed by atoms with van der Waals surface area (Å²) in [4.78, 5) is 0. The van der Waals surface area contributed by atoms with Crippen molar-refractivity contribution in [1.29, 1.82) is 0 Å². The van der Waals surface area contributed by atoms with E-state index in [-0.39, 0.29) is 13.2 Å². The van der Waals surface area contributed by atoms with Gasteiger partial charge >= 0.3 is 0 Å². The number of allylic oxidation sites excluding steroid dienone is 3. The van der Waals surface area contributed by atoms with Crippen molar-refractivity contribution in [2.75, 3.05) is 13.2 Å². The maximum Gasteiger partial charge on any atom is 0.0639 e. The Morgan fingerprint density at radius 2 is 1.44 bits per heavy atom. The fraction of sp³-hybridized carbons (Fsp3) is 0.800. The lowest BCUT2D eigenvalue weighted by Crippen LogP contribution is -2.26. The van der Waals surface area contributed by atoms with Crippen molar-refractivity contribution in [3.05, 3.63) is 35.5 Å². The third-order valence-electron chi connectivity index (χ3n) is 11.5. The van der Waals surface area contributed by atoms with E-state index in [1.165, 1.54) is 50.5 Å². The summed E-state index contributed by atoms with van der Waals surface area (Å²) < 4.78 is 0. The quantitative estimate of drug-likeness (QED) is 0.396. The second-order valence-electron chi connectivity index (χ2n) is 12.7. The topological polar surface area (TPSA) is 40.5 Å². The van der Waals surface area contributed by atoms with Gasteiger partial charge in [-0.1, -0.05) is 56.2 Å². The summed E-state index contributed by atoms with van der Waals surface area (Å²) in [6.45, 7) is 16.3. The molecular weight excluding hydrogens is 392 g/mol. The Hall–Kier alpha value is -0.860. The van der Waals surface area contributed by atoms with Gasteiger partial charge in [-0.3, -0.25) is 0 Å². The predicted molar refractivity (Wildman–Crippen MR) is 134 cm³/mol. The summed E-state index contributed by atoms with van der Waals surface area (Å²) in [5.41, 5.74) is 5.42. The molecule has 0 aromatic heterocycles. The molecule has 0 spiro atoms. The van der Waals surface area contributed by atoms with Gasteiger partial charge < -0.3 is 10.2 Å². The smallest absolute Gasteiger partial charge is 0.0639 e. The Bertz CT molecular complexity index is 779. The van der Waals surface area contributed by atoms with Crippen molar-refractivity contribution >= 4 is 0 Å². The van der Waals surface area contributed by atoms with Crippen molar-refractivity contribution in [1.82, 2.24) is 0 Å². The Balaban J connectivity index is 0.000000153. The summed E-state index contributed by atoms with van der Waals surface area (Å²) in [5, 5.41) is 18.0. The zero-order valence-corrected chi connectivity index (χ0v) is 21.4. The van der Waals surface area contributed by atoms with Crippen molar-refractivity contribution in [2.24, 2.45) is 45.8 Å². The van der Waals surface area contributed by atoms with Gasteiger partial charge in [-0.15, -0.1) is 0 Å². The van der Waals surface area contributed by atoms with Crippen LogP contribution in [0, 0.1) is 45.8 Å². The fourth-order valence-corrected chi connectivity index (χ4v) is 8.84. The van der Waals surface area contributed by atoms with Crippen molar-refractivity contribution < 1.29 is 10.2 Å². The van der Waals surface area contributed by atoms with Crippen LogP contribution in [0.1, 0.15) is 92.4 Å². The van der Waals surface area contributed by atoms with Crippen LogP contribution in [0.2, 0.25) is 0 Å². The van der Waals surface area contributed by atoms with Crippen molar-refractivity contribution in [3.8, 4) is 0 Å². The minimum Gasteiger partial charge on any atom is -0.392 e. The van der Waals surface area contributed by atoms with Gasteiger partial charge in [0.25, 0.3) is 0 Å². The normalized spacial score (nSPS) is 46.0. The second kappa shape index (κ2) is 8.73. The van der Waals surface area contributed by atoms with Gasteiger partial charge in [0.1, 0.15) is 0 Å². The lowest BCUT2D eigenvalue weighted by molar-refractivity contribution is 0.154. The first kappa shape index (κ1) is 24.3. The van der Waals surface area contributed by atoms with Gasteiger partial charge in [0.2, 0.25) is 0 Å². The van der Waals surface area contributed by atoms with Crippen LogP contribution in [0.25, 0.3) is 0 Å². The van der Waals surface area contributed by atoms with Crippen LogP contribution in [-0.4, -0.2) is 23.4 Å². The highest BCUT2D eigenvalue weighted by Crippen LogP contribution is 2.87. The molecule has 0 aromatic carbocycles. The van der Waals surface area contributed by atoms with Gasteiger partial charge in [0, 0.05) is 0 Å². The van der Waals surface area contributed by atoms with E-state index in [4.69, 9.17) is 10.2 Å². The molecule has 0 radical (unpaired) electrons. The van der Waals surface area contributed by atoms with E-state index in [9.17, 15) is 0 Å². The number of hydrogen-bond acceptors (Lipinski definition) is 2. The van der Waals surface area contributed by atoms with Crippen LogP contribution in [0.4, 0.5) is 0 Å². The molecular formula is C30H48O2. The highest BCUT2D eigenvalue weighted by Gasteiger charge is 2.80. The highest BCUT2D eigenvalue weighted by atomic mass is 16.3. The third kappa shape index (κ3) is 3.68. The van der Waals surface area contributed by atoms with Crippen LogP contribution < -0.4 is 0 Å². The van der Waals surface area contributed by atoms with Crippen LogP contribution >= 0.6 is 0 Å². The van der Waals surface area contributed by atoms with Gasteiger partial charge in [0.05, 0.1) is 13.2 Å². The molecule has 6 aliphatic rings. The van der Waals surface area contributed by atoms with E-state index in [1.54, 1.807) is 0 Å². The maximum absolute atomic E-state index is 8.99. The minimum atomic E-state index is 0.198. The molecule has 0 aromatic rings. The number of aliphatic hydroxyl groups excluding tert-OH is 2. The molecule has 0 amide bonds.